The number of hydrogen-bond donors (Lipinski definition) is 0. The van der Waals surface area contributed by atoms with Gasteiger partial charge in [-0.2, -0.15) is 5.26 Å². The molecule has 0 unspecified atom stereocenters. The van der Waals surface area contributed by atoms with Gasteiger partial charge in [0.1, 0.15) is 6.07 Å². The summed E-state index contributed by atoms with van der Waals surface area (Å²) in [5.41, 5.74) is 0. The average molecular weight is 109 g/mol. The van der Waals surface area contributed by atoms with Crippen LogP contribution < -0.4 is 0 Å². The highest BCUT2D eigenvalue weighted by Crippen LogP contribution is 1.75. The first-order valence-electron chi connectivity index (χ1n) is 2.26. The van der Waals surface area contributed by atoms with Crippen LogP contribution in [0.5, 0.6) is 0 Å². The fraction of sp³-hybridized carbons (Fsp3) is 0.400. The molecule has 0 saturated carbocycles. The number of hydrogen-bond acceptors (Lipinski definition) is 2. The molecular weight excluding hydrogens is 102 g/mol. The van der Waals surface area contributed by atoms with E-state index in [1.807, 2.05) is 6.92 Å². The molecule has 0 aromatic rings. The number of nitrogens with zero attached hydrogens (tertiary/aromatic N) is 3. The van der Waals surface area contributed by atoms with Gasteiger partial charge in [0.05, 0.1) is 0 Å². The highest BCUT2D eigenvalue weighted by molar-refractivity contribution is 5.99. The van der Waals surface area contributed by atoms with Crippen LogP contribution in [0, 0.1) is 11.3 Å². The predicted octanol–water partition coefficient (Wildman–Crippen LogP) is 0.629. The van der Waals surface area contributed by atoms with Crippen molar-refractivity contribution in [1.29, 1.82) is 5.26 Å². The summed E-state index contributed by atoms with van der Waals surface area (Å²) in [7, 11) is 0. The summed E-state index contributed by atoms with van der Waals surface area (Å²) in [6, 6.07) is 1.77. The van der Waals surface area contributed by atoms with Crippen molar-refractivity contribution in [2.24, 2.45) is 9.98 Å². The molecule has 3 heteroatoms. The highest BCUT2D eigenvalue weighted by Gasteiger charge is 1.83. The van der Waals surface area contributed by atoms with Crippen molar-refractivity contribution in [3.63, 3.8) is 0 Å². The Morgan fingerprint density at radius 1 is 1.88 bits per heavy atom. The van der Waals surface area contributed by atoms with Crippen LogP contribution in [0.1, 0.15) is 6.92 Å². The summed E-state index contributed by atoms with van der Waals surface area (Å²) < 4.78 is 0. The van der Waals surface area contributed by atoms with Crippen LogP contribution in [0.2, 0.25) is 0 Å². The minimum atomic E-state index is 0.160. The second-order valence-electron chi connectivity index (χ2n) is 1.07. The van der Waals surface area contributed by atoms with E-state index >= 15 is 0 Å². The lowest BCUT2D eigenvalue weighted by Crippen LogP contribution is -1.87. The third kappa shape index (κ3) is 2.08. The number of nitriles is 1. The Morgan fingerprint density at radius 2 is 2.50 bits per heavy atom. The van der Waals surface area contributed by atoms with Crippen LogP contribution in [0.25, 0.3) is 0 Å². The average Bonchev–Trinajstić information content (AvgIpc) is 1.83. The number of rotatable bonds is 1. The molecular formula is C5H7N3. The third-order valence-electron chi connectivity index (χ3n) is 0.558. The van der Waals surface area contributed by atoms with Crippen molar-refractivity contribution in [1.82, 2.24) is 0 Å². The molecule has 0 amide bonds. The molecule has 0 saturated heterocycles. The Bertz CT molecular complexity index is 140. The lowest BCUT2D eigenvalue weighted by molar-refractivity contribution is 1.13. The molecule has 0 aliphatic heterocycles. The Hall–Kier alpha value is -1.17. The first kappa shape index (κ1) is 6.83. The van der Waals surface area contributed by atoms with Gasteiger partial charge >= 0.3 is 0 Å². The molecule has 0 heterocycles. The first-order chi connectivity index (χ1) is 3.85. The summed E-state index contributed by atoms with van der Waals surface area (Å²) >= 11 is 0. The summed E-state index contributed by atoms with van der Waals surface area (Å²) in [4.78, 5) is 7.02. The van der Waals surface area contributed by atoms with Crippen molar-refractivity contribution in [2.45, 2.75) is 6.92 Å². The Kier molecular flexibility index (Phi) is 3.42. The SMILES string of the molecule is C=NC(C#N)=NCC. The summed E-state index contributed by atoms with van der Waals surface area (Å²) in [5, 5.41) is 8.14. The van der Waals surface area contributed by atoms with Gasteiger partial charge in [-0.1, -0.05) is 0 Å². The zero-order valence-corrected chi connectivity index (χ0v) is 4.76. The fourth-order valence-electron chi connectivity index (χ4n) is 0.270. The molecule has 3 nitrogen and oxygen atoms in total. The third-order valence-corrected chi connectivity index (χ3v) is 0.558. The Morgan fingerprint density at radius 3 is 2.62 bits per heavy atom. The van der Waals surface area contributed by atoms with Gasteiger partial charge in [-0.15, -0.1) is 0 Å². The molecule has 0 N–H and O–H groups in total. The van der Waals surface area contributed by atoms with E-state index in [1.165, 1.54) is 0 Å². The maximum Gasteiger partial charge on any atom is 0.226 e. The van der Waals surface area contributed by atoms with Gasteiger partial charge in [-0.3, -0.25) is 4.99 Å². The summed E-state index contributed by atoms with van der Waals surface area (Å²) in [6.45, 7) is 5.57. The topological polar surface area (TPSA) is 48.5 Å². The van der Waals surface area contributed by atoms with Crippen molar-refractivity contribution >= 4 is 12.6 Å². The van der Waals surface area contributed by atoms with Crippen molar-refractivity contribution < 1.29 is 0 Å². The molecule has 0 radical (unpaired) electrons. The van der Waals surface area contributed by atoms with Crippen LogP contribution in [0.15, 0.2) is 9.98 Å². The maximum atomic E-state index is 8.14. The van der Waals surface area contributed by atoms with Crippen molar-refractivity contribution in [2.75, 3.05) is 6.54 Å². The fourth-order valence-corrected chi connectivity index (χ4v) is 0.270. The van der Waals surface area contributed by atoms with E-state index in [9.17, 15) is 0 Å². The van der Waals surface area contributed by atoms with Gasteiger partial charge in [0.2, 0.25) is 5.84 Å². The Balaban J connectivity index is 3.92. The van der Waals surface area contributed by atoms with Crippen LogP contribution in [-0.2, 0) is 0 Å². The van der Waals surface area contributed by atoms with Gasteiger partial charge in [-0.25, -0.2) is 4.99 Å². The number of aliphatic imine (C=N–C) groups is 2. The molecule has 8 heavy (non-hydrogen) atoms. The molecule has 0 bridgehead atoms. The lowest BCUT2D eigenvalue weighted by Gasteiger charge is -1.80. The molecule has 0 aliphatic rings. The second-order valence-corrected chi connectivity index (χ2v) is 1.07. The van der Waals surface area contributed by atoms with E-state index < -0.39 is 0 Å². The molecule has 0 fully saturated rings. The van der Waals surface area contributed by atoms with Crippen LogP contribution in [0.4, 0.5) is 0 Å². The molecule has 0 spiro atoms. The quantitative estimate of drug-likeness (QED) is 0.360. The molecule has 0 atom stereocenters. The summed E-state index contributed by atoms with van der Waals surface area (Å²) in [6.07, 6.45) is 0. The smallest absolute Gasteiger partial charge is 0.226 e. The zero-order valence-electron chi connectivity index (χ0n) is 4.76. The maximum absolute atomic E-state index is 8.14. The van der Waals surface area contributed by atoms with Gasteiger partial charge in [0.15, 0.2) is 0 Å². The lowest BCUT2D eigenvalue weighted by atomic mass is 10.6. The standard InChI is InChI=1S/C5H7N3/c1-3-8-5(4-6)7-2/h2-3H2,1H3. The van der Waals surface area contributed by atoms with Gasteiger partial charge in [-0.05, 0) is 13.6 Å². The van der Waals surface area contributed by atoms with E-state index in [0.29, 0.717) is 6.54 Å². The normalized spacial score (nSPS) is 10.2. The van der Waals surface area contributed by atoms with E-state index in [2.05, 4.69) is 16.7 Å². The molecule has 0 rings (SSSR count). The van der Waals surface area contributed by atoms with Gasteiger partial charge < -0.3 is 0 Å². The van der Waals surface area contributed by atoms with E-state index in [-0.39, 0.29) is 5.84 Å². The van der Waals surface area contributed by atoms with Crippen LogP contribution in [0.3, 0.4) is 0 Å². The minimum absolute atomic E-state index is 0.160. The zero-order chi connectivity index (χ0) is 6.41. The predicted molar refractivity (Wildman–Crippen MR) is 33.1 cm³/mol. The van der Waals surface area contributed by atoms with E-state index in [4.69, 9.17) is 5.26 Å². The van der Waals surface area contributed by atoms with Crippen molar-refractivity contribution in [3.05, 3.63) is 0 Å². The Labute approximate surface area is 48.4 Å². The molecule has 42 valence electrons. The number of amidine groups is 1. The largest absolute Gasteiger partial charge is 0.258 e. The minimum Gasteiger partial charge on any atom is -0.258 e. The second kappa shape index (κ2) is 4.00. The van der Waals surface area contributed by atoms with Gasteiger partial charge in [0.25, 0.3) is 0 Å². The monoisotopic (exact) mass is 109 g/mol. The first-order valence-corrected chi connectivity index (χ1v) is 2.26. The van der Waals surface area contributed by atoms with Crippen molar-refractivity contribution in [3.8, 4) is 6.07 Å². The molecule has 0 aliphatic carbocycles. The van der Waals surface area contributed by atoms with E-state index in [1.54, 1.807) is 6.07 Å². The van der Waals surface area contributed by atoms with E-state index in [0.717, 1.165) is 0 Å². The molecule has 0 aromatic carbocycles. The highest BCUT2D eigenvalue weighted by atomic mass is 14.9. The van der Waals surface area contributed by atoms with Crippen LogP contribution >= 0.6 is 0 Å². The van der Waals surface area contributed by atoms with Gasteiger partial charge in [0, 0.05) is 6.54 Å². The summed E-state index contributed by atoms with van der Waals surface area (Å²) in [5.74, 6) is 0.160. The van der Waals surface area contributed by atoms with Crippen LogP contribution in [-0.4, -0.2) is 19.1 Å². The molecule has 0 aromatic heterocycles.